The molecule has 1 heterocycles. The minimum atomic E-state index is -2.48. The van der Waals surface area contributed by atoms with Gasteiger partial charge in [-0.2, -0.15) is 0 Å². The zero-order valence-corrected chi connectivity index (χ0v) is 27.7. The Morgan fingerprint density at radius 2 is 1.02 bits per heavy atom. The molecule has 0 bridgehead atoms. The first-order chi connectivity index (χ1) is 21.4. The quantitative estimate of drug-likeness (QED) is 0.201. The van der Waals surface area contributed by atoms with Gasteiger partial charge in [-0.25, -0.2) is 4.39 Å². The Morgan fingerprint density at radius 3 is 1.42 bits per heavy atom. The molecule has 0 radical (unpaired) electrons. The molecule has 1 amide bonds. The predicted molar refractivity (Wildman–Crippen MR) is 183 cm³/mol. The largest absolute Gasteiger partial charge is 1.00 e. The van der Waals surface area contributed by atoms with Gasteiger partial charge in [-0.05, 0) is 65.6 Å². The van der Waals surface area contributed by atoms with E-state index in [2.05, 4.69) is 110 Å². The highest BCUT2D eigenvalue weighted by atomic mass is 79.9. The molecule has 6 heteroatoms. The fourth-order valence-electron chi connectivity index (χ4n) is 6.63. The zero-order valence-electron chi connectivity index (χ0n) is 25.2. The molecule has 1 unspecified atom stereocenters. The van der Waals surface area contributed by atoms with Crippen LogP contribution in [-0.4, -0.2) is 10.9 Å². The van der Waals surface area contributed by atoms with Crippen molar-refractivity contribution in [2.75, 3.05) is 0 Å². The van der Waals surface area contributed by atoms with Crippen LogP contribution in [0.3, 0.4) is 0 Å². The van der Waals surface area contributed by atoms with E-state index in [1.165, 1.54) is 28.0 Å². The molecular formula is C39H35BrFN2OP. The molecule has 0 fully saturated rings. The molecule has 6 rings (SSSR count). The molecule has 6 aromatic rings. The molecular weight excluding hydrogens is 642 g/mol. The van der Waals surface area contributed by atoms with Crippen molar-refractivity contribution < 1.29 is 26.2 Å². The molecule has 0 saturated carbocycles. The molecule has 1 atom stereocenters. The normalized spacial score (nSPS) is 12.0. The second-order valence-electron chi connectivity index (χ2n) is 11.3. The molecule has 1 aromatic heterocycles. The Hall–Kier alpha value is -4.31. The van der Waals surface area contributed by atoms with Gasteiger partial charge >= 0.3 is 0 Å². The fraction of sp³-hybridized carbons (Fsp3) is 0.103. The molecule has 5 aromatic carbocycles. The van der Waals surface area contributed by atoms with Crippen LogP contribution in [0.2, 0.25) is 0 Å². The predicted octanol–water partition coefficient (Wildman–Crippen LogP) is 5.28. The number of benzene rings is 5. The number of hydrogen-bond donors (Lipinski definition) is 2. The van der Waals surface area contributed by atoms with Gasteiger partial charge in [-0.15, -0.1) is 0 Å². The summed E-state index contributed by atoms with van der Waals surface area (Å²) >= 11 is 0. The van der Waals surface area contributed by atoms with E-state index in [-0.39, 0.29) is 34.4 Å². The summed E-state index contributed by atoms with van der Waals surface area (Å²) in [5, 5.41) is 3.70. The smallest absolute Gasteiger partial charge is 0.265 e. The molecule has 3 N–H and O–H groups in total. The summed E-state index contributed by atoms with van der Waals surface area (Å²) in [7, 11) is -2.48. The third-order valence-corrected chi connectivity index (χ3v) is 13.3. The number of carbonyl (C=O) groups is 1. The van der Waals surface area contributed by atoms with Gasteiger partial charge in [0.2, 0.25) is 0 Å². The van der Waals surface area contributed by atoms with Gasteiger partial charge in [0.1, 0.15) is 40.3 Å². The van der Waals surface area contributed by atoms with Crippen molar-refractivity contribution in [2.45, 2.75) is 19.5 Å². The first-order valence-corrected chi connectivity index (χ1v) is 16.7. The van der Waals surface area contributed by atoms with Crippen LogP contribution in [0.5, 0.6) is 0 Å². The van der Waals surface area contributed by atoms with Gasteiger partial charge in [-0.1, -0.05) is 111 Å². The van der Waals surface area contributed by atoms with Crippen molar-refractivity contribution in [3.8, 4) is 22.3 Å². The number of halogens is 2. The Balaban J connectivity index is 0.00000400. The minimum absolute atomic E-state index is 0. The van der Waals surface area contributed by atoms with Gasteiger partial charge in [-0.3, -0.25) is 4.79 Å². The summed E-state index contributed by atoms with van der Waals surface area (Å²) < 4.78 is 14.3. The van der Waals surface area contributed by atoms with Crippen LogP contribution >= 0.6 is 7.26 Å². The first kappa shape index (κ1) is 32.1. The fourth-order valence-corrected chi connectivity index (χ4v) is 11.9. The van der Waals surface area contributed by atoms with Crippen LogP contribution < -0.4 is 38.6 Å². The summed E-state index contributed by atoms with van der Waals surface area (Å²) in [6.07, 6.45) is 0. The molecule has 0 aliphatic rings. The molecule has 0 spiro atoms. The lowest BCUT2D eigenvalue weighted by atomic mass is 9.92. The molecule has 45 heavy (non-hydrogen) atoms. The highest BCUT2D eigenvalue weighted by Crippen LogP contribution is 2.70. The Morgan fingerprint density at radius 1 is 0.622 bits per heavy atom. The Labute approximate surface area is 275 Å². The topological polar surface area (TPSA) is 58.9 Å². The van der Waals surface area contributed by atoms with Gasteiger partial charge in [0.05, 0.1) is 5.69 Å². The minimum Gasteiger partial charge on any atom is -1.00 e. The summed E-state index contributed by atoms with van der Waals surface area (Å²) in [5.41, 5.74) is 10.6. The van der Waals surface area contributed by atoms with Crippen molar-refractivity contribution in [1.29, 1.82) is 0 Å². The van der Waals surface area contributed by atoms with Crippen LogP contribution in [0.4, 0.5) is 4.39 Å². The average molecular weight is 678 g/mol. The van der Waals surface area contributed by atoms with Crippen molar-refractivity contribution in [2.24, 2.45) is 11.7 Å². The lowest BCUT2D eigenvalue weighted by molar-refractivity contribution is -0.0000175. The lowest BCUT2D eigenvalue weighted by Crippen LogP contribution is -3.00. The lowest BCUT2D eigenvalue weighted by Gasteiger charge is -2.37. The van der Waals surface area contributed by atoms with E-state index >= 15 is 0 Å². The number of H-pyrrole nitrogens is 1. The highest BCUT2D eigenvalue weighted by molar-refractivity contribution is 7.96. The maximum absolute atomic E-state index is 14.3. The number of amides is 1. The number of primary amides is 1. The zero-order chi connectivity index (χ0) is 30.7. The monoisotopic (exact) mass is 676 g/mol. The third kappa shape index (κ3) is 5.91. The molecule has 0 aliphatic carbocycles. The number of hydrogen-bond acceptors (Lipinski definition) is 1. The van der Waals surface area contributed by atoms with Crippen LogP contribution in [0.25, 0.3) is 22.3 Å². The Kier molecular flexibility index (Phi) is 9.82. The van der Waals surface area contributed by atoms with E-state index in [0.29, 0.717) is 5.69 Å². The molecule has 0 aliphatic heterocycles. The second-order valence-corrected chi connectivity index (χ2v) is 14.9. The summed E-state index contributed by atoms with van der Waals surface area (Å²) in [6, 6.07) is 48.6. The maximum Gasteiger partial charge on any atom is 0.265 e. The van der Waals surface area contributed by atoms with Crippen LogP contribution in [0, 0.1) is 11.7 Å². The third-order valence-electron chi connectivity index (χ3n) is 8.31. The number of rotatable bonds is 9. The van der Waals surface area contributed by atoms with Gasteiger partial charge < -0.3 is 27.7 Å². The average Bonchev–Trinajstić information content (AvgIpc) is 3.45. The van der Waals surface area contributed by atoms with Crippen molar-refractivity contribution >= 4 is 29.1 Å². The number of nitrogens with two attached hydrogens (primary N) is 1. The Bertz CT molecular complexity index is 1760. The summed E-state index contributed by atoms with van der Waals surface area (Å²) in [4.78, 5) is 16.9. The van der Waals surface area contributed by atoms with Gasteiger partial charge in [0.15, 0.2) is 0 Å². The van der Waals surface area contributed by atoms with E-state index < -0.39 is 13.2 Å². The number of carbonyl (C=O) groups excluding carboxylic acids is 1. The van der Waals surface area contributed by atoms with Gasteiger partial charge in [0.25, 0.3) is 5.91 Å². The van der Waals surface area contributed by atoms with Crippen LogP contribution in [-0.2, 0) is 0 Å². The summed E-state index contributed by atoms with van der Waals surface area (Å²) in [5.74, 6) is -0.738. The van der Waals surface area contributed by atoms with E-state index in [1.54, 1.807) is 12.1 Å². The standard InChI is InChI=1S/C39H34FN2OP.BrH/c1-27(2)38(44(31-17-9-4-10-18-31,32-19-11-5-12-20-32)33-21-13-6-14-22-33)36-34(29-23-25-30(40)26-24-29)35(37(42-36)39(41)43)28-15-7-3-8-16-28;/h3-27,38H,1-2H3,(H2-,41,42,43);1H. The van der Waals surface area contributed by atoms with Crippen LogP contribution in [0.1, 0.15) is 35.7 Å². The number of nitrogens with one attached hydrogen (secondary N) is 1. The van der Waals surface area contributed by atoms with Crippen molar-refractivity contribution in [3.63, 3.8) is 0 Å². The highest BCUT2D eigenvalue weighted by Gasteiger charge is 2.55. The van der Waals surface area contributed by atoms with E-state index in [0.717, 1.165) is 27.9 Å². The molecule has 0 saturated heterocycles. The second kappa shape index (κ2) is 13.8. The molecule has 226 valence electrons. The van der Waals surface area contributed by atoms with Crippen molar-refractivity contribution in [1.82, 2.24) is 4.98 Å². The van der Waals surface area contributed by atoms with Crippen molar-refractivity contribution in [3.05, 3.63) is 163 Å². The first-order valence-electron chi connectivity index (χ1n) is 14.9. The van der Waals surface area contributed by atoms with E-state index in [4.69, 9.17) is 5.73 Å². The SMILES string of the molecule is CC(C)C(c1[nH]c(C(N)=O)c(-c2ccccc2)c1-c1ccc(F)cc1)[P+](c1ccccc1)(c1ccccc1)c1ccccc1.[Br-]. The molecule has 3 nitrogen and oxygen atoms in total. The summed E-state index contributed by atoms with van der Waals surface area (Å²) in [6.45, 7) is 4.49. The number of aromatic nitrogens is 1. The number of aromatic amines is 1. The van der Waals surface area contributed by atoms with E-state index in [9.17, 15) is 9.18 Å². The van der Waals surface area contributed by atoms with Gasteiger partial charge in [0, 0.05) is 11.1 Å². The van der Waals surface area contributed by atoms with Crippen LogP contribution in [0.15, 0.2) is 146 Å². The van der Waals surface area contributed by atoms with E-state index in [1.807, 2.05) is 30.3 Å². The maximum atomic E-state index is 14.3.